The first-order chi connectivity index (χ1) is 12.7. The number of benzene rings is 1. The van der Waals surface area contributed by atoms with E-state index in [0.29, 0.717) is 16.8 Å². The van der Waals surface area contributed by atoms with Crippen LogP contribution < -0.4 is 5.32 Å². The number of hydrogen-bond donors (Lipinski definition) is 3. The van der Waals surface area contributed by atoms with Crippen LogP contribution in [0.2, 0.25) is 0 Å². The molecule has 1 aliphatic heterocycles. The van der Waals surface area contributed by atoms with Crippen molar-refractivity contribution in [2.24, 2.45) is 0 Å². The molecule has 3 heterocycles. The molecule has 0 aliphatic carbocycles. The van der Waals surface area contributed by atoms with Crippen molar-refractivity contribution < 1.29 is 0 Å². The van der Waals surface area contributed by atoms with Crippen molar-refractivity contribution in [1.29, 1.82) is 5.26 Å². The third kappa shape index (κ3) is 3.07. The Morgan fingerprint density at radius 1 is 1.35 bits per heavy atom. The average Bonchev–Trinajstić information content (AvgIpc) is 3.13. The SMILES string of the molecule is Cc1cc(-c2ccc(SC3CNC3)c(S)c2-c2nn[nH]n2)cnc1C#N. The first-order valence-electron chi connectivity index (χ1n) is 8.01. The molecule has 1 saturated heterocycles. The number of thioether (sulfide) groups is 1. The quantitative estimate of drug-likeness (QED) is 0.597. The lowest BCUT2D eigenvalue weighted by atomic mass is 9.99. The van der Waals surface area contributed by atoms with Crippen LogP contribution in [0.3, 0.4) is 0 Å². The fourth-order valence-corrected chi connectivity index (χ4v) is 4.34. The Morgan fingerprint density at radius 3 is 2.81 bits per heavy atom. The maximum absolute atomic E-state index is 9.11. The zero-order chi connectivity index (χ0) is 18.1. The molecule has 9 heteroatoms. The molecule has 0 atom stereocenters. The Kier molecular flexibility index (Phi) is 4.63. The summed E-state index contributed by atoms with van der Waals surface area (Å²) in [5, 5.41) is 27.4. The monoisotopic (exact) mass is 381 g/mol. The van der Waals surface area contributed by atoms with E-state index < -0.39 is 0 Å². The van der Waals surface area contributed by atoms with Crippen LogP contribution in [-0.4, -0.2) is 43.9 Å². The minimum absolute atomic E-state index is 0.422. The van der Waals surface area contributed by atoms with Crippen LogP contribution >= 0.6 is 24.4 Å². The van der Waals surface area contributed by atoms with Gasteiger partial charge in [-0.3, -0.25) is 0 Å². The molecule has 26 heavy (non-hydrogen) atoms. The topological polar surface area (TPSA) is 103 Å². The second-order valence-corrected chi connectivity index (χ2v) is 7.76. The highest BCUT2D eigenvalue weighted by Gasteiger charge is 2.23. The van der Waals surface area contributed by atoms with E-state index in [1.165, 1.54) is 0 Å². The number of aromatic amines is 1. The fraction of sp³-hybridized carbons (Fsp3) is 0.235. The fourth-order valence-electron chi connectivity index (χ4n) is 2.77. The molecule has 1 aliphatic rings. The van der Waals surface area contributed by atoms with Gasteiger partial charge in [0.1, 0.15) is 11.8 Å². The lowest BCUT2D eigenvalue weighted by Gasteiger charge is -2.27. The molecule has 130 valence electrons. The summed E-state index contributed by atoms with van der Waals surface area (Å²) >= 11 is 6.58. The molecule has 0 saturated carbocycles. The lowest BCUT2D eigenvalue weighted by Crippen LogP contribution is -2.44. The van der Waals surface area contributed by atoms with Gasteiger partial charge in [-0.1, -0.05) is 6.07 Å². The van der Waals surface area contributed by atoms with E-state index in [2.05, 4.69) is 43.1 Å². The summed E-state index contributed by atoms with van der Waals surface area (Å²) in [4.78, 5) is 6.16. The summed E-state index contributed by atoms with van der Waals surface area (Å²) in [6, 6.07) is 8.14. The Balaban J connectivity index is 1.85. The summed E-state index contributed by atoms with van der Waals surface area (Å²) in [7, 11) is 0. The number of thiol groups is 1. The third-order valence-corrected chi connectivity index (χ3v) is 6.12. The molecule has 0 bridgehead atoms. The number of nitrogens with one attached hydrogen (secondary N) is 2. The van der Waals surface area contributed by atoms with Gasteiger partial charge in [0.05, 0.1) is 0 Å². The average molecular weight is 381 g/mol. The standard InChI is InChI=1S/C17H15N7S2/c1-9-4-10(6-20-13(9)5-18)12-2-3-14(26-11-7-19-8-11)16(25)15(12)17-21-23-24-22-17/h2-4,6,11,19,25H,7-8H2,1H3,(H,21,22,23,24). The second-order valence-electron chi connectivity index (χ2n) is 5.97. The molecule has 0 unspecified atom stereocenters. The summed E-state index contributed by atoms with van der Waals surface area (Å²) in [6.45, 7) is 3.87. The molecule has 3 aromatic rings. The number of H-pyrrole nitrogens is 1. The van der Waals surface area contributed by atoms with Gasteiger partial charge in [0.25, 0.3) is 0 Å². The zero-order valence-electron chi connectivity index (χ0n) is 13.9. The molecule has 0 radical (unpaired) electrons. The highest BCUT2D eigenvalue weighted by molar-refractivity contribution is 8.00. The molecule has 2 N–H and O–H groups in total. The van der Waals surface area contributed by atoms with Crippen molar-refractivity contribution in [3.05, 3.63) is 35.7 Å². The second kappa shape index (κ2) is 7.07. The van der Waals surface area contributed by atoms with E-state index in [0.717, 1.165) is 45.1 Å². The van der Waals surface area contributed by atoms with Crippen molar-refractivity contribution in [2.75, 3.05) is 13.1 Å². The van der Waals surface area contributed by atoms with Crippen LogP contribution in [0.15, 0.2) is 34.2 Å². The Hall–Kier alpha value is -2.41. The number of nitriles is 1. The first kappa shape index (κ1) is 17.0. The smallest absolute Gasteiger partial charge is 0.206 e. The summed E-state index contributed by atoms with van der Waals surface area (Å²) in [5.74, 6) is 0.487. The zero-order valence-corrected chi connectivity index (χ0v) is 15.6. The minimum Gasteiger partial charge on any atom is -0.314 e. The van der Waals surface area contributed by atoms with Crippen LogP contribution in [0.1, 0.15) is 11.3 Å². The summed E-state index contributed by atoms with van der Waals surface area (Å²) in [6.07, 6.45) is 1.69. The highest BCUT2D eigenvalue weighted by atomic mass is 32.2. The molecular formula is C17H15N7S2. The molecular weight excluding hydrogens is 366 g/mol. The van der Waals surface area contributed by atoms with Crippen LogP contribution in [0.25, 0.3) is 22.5 Å². The number of pyridine rings is 1. The summed E-state index contributed by atoms with van der Waals surface area (Å²) in [5.41, 5.74) is 3.85. The van der Waals surface area contributed by atoms with Crippen LogP contribution in [0.5, 0.6) is 0 Å². The number of aromatic nitrogens is 5. The van der Waals surface area contributed by atoms with Gasteiger partial charge in [-0.2, -0.15) is 10.5 Å². The number of nitrogens with zero attached hydrogens (tertiary/aromatic N) is 5. The molecule has 7 nitrogen and oxygen atoms in total. The molecule has 1 fully saturated rings. The van der Waals surface area contributed by atoms with Crippen molar-refractivity contribution in [3.8, 4) is 28.6 Å². The third-order valence-electron chi connectivity index (χ3n) is 4.24. The van der Waals surface area contributed by atoms with Crippen molar-refractivity contribution in [1.82, 2.24) is 30.9 Å². The van der Waals surface area contributed by atoms with Crippen LogP contribution in [-0.2, 0) is 0 Å². The molecule has 4 rings (SSSR count). The summed E-state index contributed by atoms with van der Waals surface area (Å²) < 4.78 is 0. The van der Waals surface area contributed by atoms with E-state index in [-0.39, 0.29) is 0 Å². The van der Waals surface area contributed by atoms with Gasteiger partial charge in [-0.05, 0) is 35.4 Å². The van der Waals surface area contributed by atoms with Gasteiger partial charge in [-0.25, -0.2) is 4.98 Å². The first-order valence-corrected chi connectivity index (χ1v) is 9.34. The van der Waals surface area contributed by atoms with E-state index in [9.17, 15) is 0 Å². The predicted octanol–water partition coefficient (Wildman–Crippen LogP) is 2.46. The van der Waals surface area contributed by atoms with Gasteiger partial charge in [0, 0.05) is 45.5 Å². The van der Waals surface area contributed by atoms with Crippen molar-refractivity contribution in [2.45, 2.75) is 22.0 Å². The van der Waals surface area contributed by atoms with E-state index in [1.807, 2.05) is 19.1 Å². The number of aryl methyl sites for hydroxylation is 1. The number of tetrazole rings is 1. The molecule has 2 aromatic heterocycles. The number of rotatable bonds is 4. The molecule has 0 amide bonds. The van der Waals surface area contributed by atoms with E-state index in [4.69, 9.17) is 17.9 Å². The van der Waals surface area contributed by atoms with E-state index >= 15 is 0 Å². The molecule has 0 spiro atoms. The maximum atomic E-state index is 9.11. The Bertz CT molecular complexity index is 991. The minimum atomic E-state index is 0.422. The van der Waals surface area contributed by atoms with Crippen LogP contribution in [0, 0.1) is 18.3 Å². The van der Waals surface area contributed by atoms with Gasteiger partial charge < -0.3 is 5.32 Å². The van der Waals surface area contributed by atoms with Crippen molar-refractivity contribution >= 4 is 24.4 Å². The van der Waals surface area contributed by atoms with E-state index in [1.54, 1.807) is 18.0 Å². The molecule has 1 aromatic carbocycles. The van der Waals surface area contributed by atoms with Gasteiger partial charge >= 0.3 is 0 Å². The predicted molar refractivity (Wildman–Crippen MR) is 102 cm³/mol. The van der Waals surface area contributed by atoms with Gasteiger partial charge in [0.2, 0.25) is 5.82 Å². The normalized spacial score (nSPS) is 14.0. The lowest BCUT2D eigenvalue weighted by molar-refractivity contribution is 0.543. The Labute approximate surface area is 160 Å². The highest BCUT2D eigenvalue weighted by Crippen LogP contribution is 2.41. The van der Waals surface area contributed by atoms with Crippen molar-refractivity contribution in [3.63, 3.8) is 0 Å². The maximum Gasteiger partial charge on any atom is 0.206 e. The van der Waals surface area contributed by atoms with Crippen LogP contribution in [0.4, 0.5) is 0 Å². The Morgan fingerprint density at radius 2 is 2.19 bits per heavy atom. The number of hydrogen-bond acceptors (Lipinski definition) is 8. The van der Waals surface area contributed by atoms with Gasteiger partial charge in [0.15, 0.2) is 0 Å². The van der Waals surface area contributed by atoms with Gasteiger partial charge in [-0.15, -0.1) is 34.6 Å². The largest absolute Gasteiger partial charge is 0.314 e.